The van der Waals surface area contributed by atoms with Gasteiger partial charge >= 0.3 is 11.9 Å². The van der Waals surface area contributed by atoms with Gasteiger partial charge in [-0.3, -0.25) is 4.90 Å². The Labute approximate surface area is 207 Å². The quantitative estimate of drug-likeness (QED) is 0.556. The van der Waals surface area contributed by atoms with Crippen LogP contribution in [0.2, 0.25) is 0 Å². The van der Waals surface area contributed by atoms with Crippen LogP contribution in [-0.2, 0) is 31.9 Å². The molecule has 0 spiro atoms. The first-order valence-electron chi connectivity index (χ1n) is 10.8. The summed E-state index contributed by atoms with van der Waals surface area (Å²) in [6.07, 6.45) is 1.25. The van der Waals surface area contributed by atoms with Crippen molar-refractivity contribution in [1.82, 2.24) is 0 Å². The number of hydrogen-bond donors (Lipinski definition) is 1. The molecule has 0 radical (unpaired) electrons. The molecule has 0 saturated heterocycles. The zero-order valence-electron chi connectivity index (χ0n) is 19.5. The normalized spacial score (nSPS) is 15.8. The van der Waals surface area contributed by atoms with Crippen LogP contribution in [0.1, 0.15) is 36.5 Å². The largest absolute Gasteiger partial charge is 0.466 e. The van der Waals surface area contributed by atoms with Crippen LogP contribution in [-0.4, -0.2) is 26.2 Å². The lowest BCUT2D eigenvalue weighted by Crippen LogP contribution is -2.41. The van der Waals surface area contributed by atoms with Gasteiger partial charge in [-0.25, -0.2) is 9.59 Å². The molecular weight excluding hydrogens is 498 g/mol. The first-order valence-corrected chi connectivity index (χ1v) is 11.6. The van der Waals surface area contributed by atoms with E-state index in [4.69, 9.17) is 15.2 Å². The van der Waals surface area contributed by atoms with E-state index >= 15 is 0 Å². The highest BCUT2D eigenvalue weighted by molar-refractivity contribution is 9.10. The average molecular weight is 524 g/mol. The molecule has 1 heterocycles. The molecule has 2 N–H and O–H groups in total. The molecule has 0 aliphatic carbocycles. The molecule has 3 rings (SSSR count). The van der Waals surface area contributed by atoms with Crippen molar-refractivity contribution in [3.8, 4) is 6.07 Å². The molecule has 34 heavy (non-hydrogen) atoms. The van der Waals surface area contributed by atoms with Crippen LogP contribution in [0, 0.1) is 11.3 Å². The molecule has 0 fully saturated rings. The van der Waals surface area contributed by atoms with Crippen LogP contribution in [0.5, 0.6) is 0 Å². The van der Waals surface area contributed by atoms with Gasteiger partial charge in [0.15, 0.2) is 0 Å². The van der Waals surface area contributed by atoms with Gasteiger partial charge < -0.3 is 15.2 Å². The third-order valence-corrected chi connectivity index (χ3v) is 6.29. The summed E-state index contributed by atoms with van der Waals surface area (Å²) in [4.78, 5) is 27.9. The van der Waals surface area contributed by atoms with Gasteiger partial charge in [-0.1, -0.05) is 60.1 Å². The first kappa shape index (κ1) is 25.1. The maximum absolute atomic E-state index is 13.3. The van der Waals surface area contributed by atoms with Crippen molar-refractivity contribution in [2.75, 3.05) is 19.1 Å². The Hall–Kier alpha value is -3.57. The molecule has 0 bridgehead atoms. The fourth-order valence-corrected chi connectivity index (χ4v) is 4.84. The maximum Gasteiger partial charge on any atom is 0.355 e. The number of aryl methyl sites for hydroxylation is 2. The topological polar surface area (TPSA) is 106 Å². The van der Waals surface area contributed by atoms with Crippen LogP contribution in [0.25, 0.3) is 0 Å². The summed E-state index contributed by atoms with van der Waals surface area (Å²) in [5.41, 5.74) is 9.77. The lowest BCUT2D eigenvalue weighted by Gasteiger charge is -2.37. The third-order valence-electron chi connectivity index (χ3n) is 5.83. The number of anilines is 1. The number of hydrogen-bond acceptors (Lipinski definition) is 7. The molecule has 0 saturated carbocycles. The standard InChI is InChI=1S/C26H26BrN3O4/c1-5-15-12-18(27)13-16(6-2)22(15)30-23(26(32)34-4)21(25(31)33-3)20(19(14-28)24(30)29)17-10-8-7-9-11-17/h7-13,20H,5-6,29H2,1-4H3. The minimum Gasteiger partial charge on any atom is -0.466 e. The summed E-state index contributed by atoms with van der Waals surface area (Å²) < 4.78 is 11.1. The van der Waals surface area contributed by atoms with Gasteiger partial charge in [0.2, 0.25) is 0 Å². The molecule has 1 unspecified atom stereocenters. The summed E-state index contributed by atoms with van der Waals surface area (Å²) in [7, 11) is 2.47. The van der Waals surface area contributed by atoms with Crippen molar-refractivity contribution in [3.05, 3.63) is 86.3 Å². The van der Waals surface area contributed by atoms with E-state index in [1.807, 2.05) is 32.0 Å². The second-order valence-corrected chi connectivity index (χ2v) is 8.53. The monoisotopic (exact) mass is 523 g/mol. The number of esters is 2. The minimum absolute atomic E-state index is 0.00155. The Bertz CT molecular complexity index is 1200. The second kappa shape index (κ2) is 10.6. The van der Waals surface area contributed by atoms with Crippen LogP contribution in [0.15, 0.2) is 69.6 Å². The number of carbonyl (C=O) groups excluding carboxylic acids is 2. The number of nitriles is 1. The van der Waals surface area contributed by atoms with Crippen molar-refractivity contribution in [3.63, 3.8) is 0 Å². The van der Waals surface area contributed by atoms with Crippen LogP contribution < -0.4 is 10.6 Å². The third kappa shape index (κ3) is 4.31. The summed E-state index contributed by atoms with van der Waals surface area (Å²) in [5, 5.41) is 10.2. The van der Waals surface area contributed by atoms with E-state index in [0.29, 0.717) is 24.1 Å². The molecule has 8 heteroatoms. The SMILES string of the molecule is CCc1cc(Br)cc(CC)c1N1C(N)=C(C#N)C(c2ccccc2)C(C(=O)OC)=C1C(=O)OC. The number of rotatable bonds is 6. The van der Waals surface area contributed by atoms with E-state index < -0.39 is 17.9 Å². The molecular formula is C26H26BrN3O4. The van der Waals surface area contributed by atoms with Gasteiger partial charge in [-0.05, 0) is 41.7 Å². The fraction of sp³-hybridized carbons (Fsp3) is 0.269. The fourth-order valence-electron chi connectivity index (χ4n) is 4.29. The maximum atomic E-state index is 13.3. The predicted molar refractivity (Wildman–Crippen MR) is 132 cm³/mol. The Morgan fingerprint density at radius 2 is 1.62 bits per heavy atom. The zero-order chi connectivity index (χ0) is 25.0. The number of nitrogens with zero attached hydrogens (tertiary/aromatic N) is 2. The number of benzene rings is 2. The Balaban J connectivity index is 2.51. The van der Waals surface area contributed by atoms with Crippen molar-refractivity contribution >= 4 is 33.6 Å². The number of allylic oxidation sites excluding steroid dienone is 1. The summed E-state index contributed by atoms with van der Waals surface area (Å²) >= 11 is 3.55. The van der Waals surface area contributed by atoms with E-state index in [-0.39, 0.29) is 22.7 Å². The van der Waals surface area contributed by atoms with Gasteiger partial charge in [-0.2, -0.15) is 5.26 Å². The molecule has 1 aliphatic rings. The van der Waals surface area contributed by atoms with Gasteiger partial charge in [-0.15, -0.1) is 0 Å². The Kier molecular flexibility index (Phi) is 7.79. The van der Waals surface area contributed by atoms with E-state index in [1.165, 1.54) is 19.1 Å². The van der Waals surface area contributed by atoms with Gasteiger partial charge in [0, 0.05) is 4.47 Å². The first-order chi connectivity index (χ1) is 16.3. The number of nitrogens with two attached hydrogens (primary N) is 1. The Morgan fingerprint density at radius 1 is 1.06 bits per heavy atom. The van der Waals surface area contributed by atoms with Crippen molar-refractivity contribution in [1.29, 1.82) is 5.26 Å². The van der Waals surface area contributed by atoms with Crippen LogP contribution >= 0.6 is 15.9 Å². The molecule has 1 aliphatic heterocycles. The summed E-state index contributed by atoms with van der Waals surface area (Å²) in [5.74, 6) is -2.33. The lowest BCUT2D eigenvalue weighted by molar-refractivity contribution is -0.139. The summed E-state index contributed by atoms with van der Waals surface area (Å²) in [6, 6.07) is 15.0. The van der Waals surface area contributed by atoms with E-state index in [2.05, 4.69) is 22.0 Å². The van der Waals surface area contributed by atoms with E-state index in [9.17, 15) is 14.9 Å². The highest BCUT2D eigenvalue weighted by Gasteiger charge is 2.43. The number of ether oxygens (including phenoxy) is 2. The molecule has 2 aromatic rings. The zero-order valence-corrected chi connectivity index (χ0v) is 21.1. The number of carbonyl (C=O) groups is 2. The smallest absolute Gasteiger partial charge is 0.355 e. The molecule has 0 amide bonds. The predicted octanol–water partition coefficient (Wildman–Crippen LogP) is 4.47. The van der Waals surface area contributed by atoms with Crippen molar-refractivity contribution in [2.24, 2.45) is 5.73 Å². The van der Waals surface area contributed by atoms with Crippen LogP contribution in [0.3, 0.4) is 0 Å². The van der Waals surface area contributed by atoms with Gasteiger partial charge in [0.25, 0.3) is 0 Å². The molecule has 0 aromatic heterocycles. The number of halogens is 1. The molecule has 176 valence electrons. The molecule has 1 atom stereocenters. The second-order valence-electron chi connectivity index (χ2n) is 7.62. The van der Waals surface area contributed by atoms with Gasteiger partial charge in [0.1, 0.15) is 11.5 Å². The Morgan fingerprint density at radius 3 is 2.09 bits per heavy atom. The van der Waals surface area contributed by atoms with E-state index in [1.54, 1.807) is 24.3 Å². The van der Waals surface area contributed by atoms with Crippen molar-refractivity contribution in [2.45, 2.75) is 32.6 Å². The van der Waals surface area contributed by atoms with Crippen molar-refractivity contribution < 1.29 is 19.1 Å². The lowest BCUT2D eigenvalue weighted by atomic mass is 9.80. The van der Waals surface area contributed by atoms with Crippen LogP contribution in [0.4, 0.5) is 5.69 Å². The van der Waals surface area contributed by atoms with Gasteiger partial charge in [0.05, 0.1) is 43.0 Å². The molecule has 2 aromatic carbocycles. The summed E-state index contributed by atoms with van der Waals surface area (Å²) in [6.45, 7) is 3.96. The average Bonchev–Trinajstić information content (AvgIpc) is 2.87. The minimum atomic E-state index is -0.894. The highest BCUT2D eigenvalue weighted by Crippen LogP contribution is 2.45. The van der Waals surface area contributed by atoms with E-state index in [0.717, 1.165) is 15.6 Å². The number of methoxy groups -OCH3 is 2. The molecule has 7 nitrogen and oxygen atoms in total. The highest BCUT2D eigenvalue weighted by atomic mass is 79.9.